The standard InChI is InChI=1S/C30H34F9NO12S.3CH4/c1-10-15(23(45)50-21(10)43)16-12(7-11(9-26(5,6)24(46)47)22(44)51-25(2,3)4)13-8-14(16)18-17(13)19(41)40(20(18)42)52-53(48,49)30(38,39)28(33,34)27(31,32)29(35,36)37;;;/h10-18H,7-9H2,1-6H3,(H,46,47);3*1H4. The molecule has 56 heavy (non-hydrogen) atoms. The number of rotatable bonds is 12. The molecular weight excluding hydrogens is 805 g/mol. The number of carboxylic acids is 1. The normalized spacial score (nSPS) is 28.9. The van der Waals surface area contributed by atoms with Crippen molar-refractivity contribution in [3.63, 3.8) is 0 Å². The Kier molecular flexibility index (Phi) is 13.8. The van der Waals surface area contributed by atoms with Crippen LogP contribution in [0.3, 0.4) is 0 Å². The molecule has 0 radical (unpaired) electrons. The van der Waals surface area contributed by atoms with Crippen molar-refractivity contribution < 1.29 is 95.6 Å². The largest absolute Gasteiger partial charge is 0.481 e. The van der Waals surface area contributed by atoms with E-state index in [1.807, 2.05) is 0 Å². The van der Waals surface area contributed by atoms with Gasteiger partial charge in [-0.3, -0.25) is 28.8 Å². The summed E-state index contributed by atoms with van der Waals surface area (Å²) >= 11 is 0. The van der Waals surface area contributed by atoms with Gasteiger partial charge in [-0.05, 0) is 77.6 Å². The van der Waals surface area contributed by atoms with Gasteiger partial charge in [0.1, 0.15) is 5.60 Å². The lowest BCUT2D eigenvalue weighted by molar-refractivity contribution is -0.383. The molecule has 4 aliphatic rings. The number of hydrogen-bond acceptors (Lipinski definition) is 11. The summed E-state index contributed by atoms with van der Waals surface area (Å²) in [6.45, 7) is 8.29. The Labute approximate surface area is 317 Å². The summed E-state index contributed by atoms with van der Waals surface area (Å²) in [5, 5.41) is 1.44. The Morgan fingerprint density at radius 2 is 1.30 bits per heavy atom. The molecule has 2 saturated heterocycles. The van der Waals surface area contributed by atoms with Crippen LogP contribution in [0.5, 0.6) is 0 Å². The predicted molar refractivity (Wildman–Crippen MR) is 172 cm³/mol. The summed E-state index contributed by atoms with van der Waals surface area (Å²) in [5.41, 5.74) is -2.74. The van der Waals surface area contributed by atoms with Gasteiger partial charge in [0.15, 0.2) is 0 Å². The van der Waals surface area contributed by atoms with Crippen molar-refractivity contribution in [3.8, 4) is 0 Å². The highest BCUT2D eigenvalue weighted by Gasteiger charge is 2.86. The number of aliphatic carboxylic acids is 1. The van der Waals surface area contributed by atoms with Crippen LogP contribution in [0.1, 0.15) is 83.1 Å². The number of halogens is 9. The third-order valence-corrected chi connectivity index (χ3v) is 11.6. The Morgan fingerprint density at radius 1 is 0.821 bits per heavy atom. The molecule has 0 aromatic rings. The molecule has 2 bridgehead atoms. The van der Waals surface area contributed by atoms with Crippen molar-refractivity contribution in [2.75, 3.05) is 0 Å². The quantitative estimate of drug-likeness (QED) is 0.101. The number of nitrogens with zero attached hydrogens (tertiary/aromatic N) is 1. The summed E-state index contributed by atoms with van der Waals surface area (Å²) in [7, 11) is -7.71. The molecule has 2 amide bonds. The number of fused-ring (bicyclic) bond motifs is 5. The lowest BCUT2D eigenvalue weighted by Gasteiger charge is -2.40. The number of hydroxylamine groups is 2. The van der Waals surface area contributed by atoms with Crippen LogP contribution in [0.15, 0.2) is 0 Å². The van der Waals surface area contributed by atoms with Gasteiger partial charge in [0.05, 0.1) is 35.0 Å². The summed E-state index contributed by atoms with van der Waals surface area (Å²) in [6.07, 6.45) is -8.42. The highest BCUT2D eigenvalue weighted by atomic mass is 32.2. The maximum absolute atomic E-state index is 14.5. The molecule has 0 aromatic carbocycles. The molecule has 23 heteroatoms. The average molecular weight is 852 g/mol. The molecule has 2 saturated carbocycles. The van der Waals surface area contributed by atoms with Crippen molar-refractivity contribution in [1.82, 2.24) is 5.06 Å². The molecule has 0 aromatic heterocycles. The van der Waals surface area contributed by atoms with E-state index in [4.69, 9.17) is 9.47 Å². The highest BCUT2D eigenvalue weighted by Crippen LogP contribution is 2.66. The number of ether oxygens (including phenoxy) is 2. The molecule has 1 N–H and O–H groups in total. The smallest absolute Gasteiger partial charge is 0.460 e. The van der Waals surface area contributed by atoms with Crippen molar-refractivity contribution in [3.05, 3.63) is 0 Å². The zero-order valence-corrected chi connectivity index (χ0v) is 29.3. The SMILES string of the molecule is C.C.C.CC1C(=O)OC(=O)C1C1C(CC(CC(C)(C)C(=O)O)C(=O)OC(C)(C)C)C2CC1C1C(=O)N(OS(=O)(=O)C(F)(F)C(F)(F)C(F)(F)C(F)(F)F)C(=O)C21. The van der Waals surface area contributed by atoms with Crippen LogP contribution in [0.4, 0.5) is 39.5 Å². The van der Waals surface area contributed by atoms with E-state index >= 15 is 0 Å². The summed E-state index contributed by atoms with van der Waals surface area (Å²) in [5.74, 6) is -35.7. The molecule has 2 aliphatic carbocycles. The van der Waals surface area contributed by atoms with Gasteiger partial charge in [0, 0.05) is 0 Å². The van der Waals surface area contributed by atoms with E-state index in [0.29, 0.717) is 0 Å². The number of imide groups is 1. The lowest BCUT2D eigenvalue weighted by Crippen LogP contribution is -2.64. The third-order valence-electron chi connectivity index (χ3n) is 10.4. The molecular formula is C33H46F9NO12S. The topological polar surface area (TPSA) is 188 Å². The van der Waals surface area contributed by atoms with Gasteiger partial charge in [0.2, 0.25) is 0 Å². The van der Waals surface area contributed by atoms with E-state index in [-0.39, 0.29) is 28.7 Å². The first-order valence-electron chi connectivity index (χ1n) is 15.9. The highest BCUT2D eigenvalue weighted by molar-refractivity contribution is 7.87. The number of carbonyl (C=O) groups is 6. The van der Waals surface area contributed by atoms with Gasteiger partial charge < -0.3 is 14.6 Å². The second-order valence-electron chi connectivity index (χ2n) is 15.4. The maximum atomic E-state index is 14.5. The van der Waals surface area contributed by atoms with Crippen LogP contribution in [-0.4, -0.2) is 83.2 Å². The van der Waals surface area contributed by atoms with Gasteiger partial charge in [0.25, 0.3) is 11.8 Å². The fraction of sp³-hybridized carbons (Fsp3) is 0.818. The maximum Gasteiger partial charge on any atom is 0.460 e. The Morgan fingerprint density at radius 3 is 1.71 bits per heavy atom. The Bertz CT molecular complexity index is 1710. The van der Waals surface area contributed by atoms with Crippen LogP contribution in [0.2, 0.25) is 0 Å². The van der Waals surface area contributed by atoms with E-state index < -0.39 is 151 Å². The first-order chi connectivity index (χ1) is 23.6. The van der Waals surface area contributed by atoms with Crippen molar-refractivity contribution in [1.29, 1.82) is 0 Å². The van der Waals surface area contributed by atoms with Gasteiger partial charge >= 0.3 is 57.3 Å². The molecule has 13 nitrogen and oxygen atoms in total. The van der Waals surface area contributed by atoms with Gasteiger partial charge in [-0.25, -0.2) is 0 Å². The lowest BCUT2D eigenvalue weighted by atomic mass is 9.61. The minimum atomic E-state index is -7.74. The van der Waals surface area contributed by atoms with Crippen LogP contribution in [-0.2, 0) is 52.6 Å². The van der Waals surface area contributed by atoms with E-state index in [2.05, 4.69) is 4.28 Å². The first-order valence-corrected chi connectivity index (χ1v) is 17.3. The number of esters is 3. The zero-order chi connectivity index (χ0) is 41.0. The molecule has 0 spiro atoms. The Balaban J connectivity index is 0.00000523. The van der Waals surface area contributed by atoms with Crippen molar-refractivity contribution in [2.45, 2.75) is 112 Å². The fourth-order valence-corrected chi connectivity index (χ4v) is 8.89. The van der Waals surface area contributed by atoms with Gasteiger partial charge in [-0.15, -0.1) is 9.35 Å². The number of hydrogen-bond donors (Lipinski definition) is 1. The van der Waals surface area contributed by atoms with Crippen LogP contribution >= 0.6 is 0 Å². The number of cyclic esters (lactones) is 2. The number of carboxylic acid groups (broad SMARTS) is 1. The summed E-state index contributed by atoms with van der Waals surface area (Å²) < 4.78 is 160. The van der Waals surface area contributed by atoms with Crippen molar-refractivity contribution in [2.24, 2.45) is 58.7 Å². The molecule has 2 heterocycles. The number of amides is 2. The second kappa shape index (κ2) is 15.3. The zero-order valence-electron chi connectivity index (χ0n) is 28.5. The van der Waals surface area contributed by atoms with E-state index in [1.54, 1.807) is 0 Å². The molecule has 324 valence electrons. The minimum absolute atomic E-state index is 0. The molecule has 4 rings (SSSR count). The number of carbonyl (C=O) groups excluding carboxylic acids is 5. The Hall–Kier alpha value is -3.50. The van der Waals surface area contributed by atoms with Crippen molar-refractivity contribution >= 4 is 45.8 Å². The molecule has 4 fully saturated rings. The predicted octanol–water partition coefficient (Wildman–Crippen LogP) is 6.25. The van der Waals surface area contributed by atoms with Gasteiger partial charge in [-0.1, -0.05) is 29.2 Å². The first kappa shape index (κ1) is 50.5. The summed E-state index contributed by atoms with van der Waals surface area (Å²) in [4.78, 5) is 77.9. The van der Waals surface area contributed by atoms with E-state index in [1.165, 1.54) is 41.5 Å². The second-order valence-corrected chi connectivity index (χ2v) is 17.0. The van der Waals surface area contributed by atoms with Gasteiger partial charge in [-0.2, -0.15) is 47.9 Å². The van der Waals surface area contributed by atoms with Crippen LogP contribution < -0.4 is 0 Å². The van der Waals surface area contributed by atoms with E-state index in [9.17, 15) is 81.8 Å². The van der Waals surface area contributed by atoms with Crippen LogP contribution in [0, 0.1) is 58.7 Å². The van der Waals surface area contributed by atoms with Crippen LogP contribution in [0.25, 0.3) is 0 Å². The number of alkyl halides is 9. The van der Waals surface area contributed by atoms with E-state index in [0.717, 1.165) is 0 Å². The minimum Gasteiger partial charge on any atom is -0.481 e. The summed E-state index contributed by atoms with van der Waals surface area (Å²) in [6, 6.07) is 0. The third kappa shape index (κ3) is 7.86. The fourth-order valence-electron chi connectivity index (χ4n) is 8.02. The average Bonchev–Trinajstić information content (AvgIpc) is 3.66. The molecule has 9 unspecified atom stereocenters. The monoisotopic (exact) mass is 851 g/mol. The molecule has 2 aliphatic heterocycles. The molecule has 9 atom stereocenters.